The van der Waals surface area contributed by atoms with E-state index in [1.807, 2.05) is 6.07 Å². The van der Waals surface area contributed by atoms with Crippen molar-refractivity contribution in [3.8, 4) is 6.07 Å². The van der Waals surface area contributed by atoms with Crippen LogP contribution >= 0.6 is 0 Å². The van der Waals surface area contributed by atoms with E-state index in [4.69, 9.17) is 5.26 Å². The fourth-order valence-corrected chi connectivity index (χ4v) is 2.61. The Kier molecular flexibility index (Phi) is 4.15. The van der Waals surface area contributed by atoms with Gasteiger partial charge in [0.25, 0.3) is 5.69 Å². The van der Waals surface area contributed by atoms with Gasteiger partial charge in [0, 0.05) is 13.1 Å². The second kappa shape index (κ2) is 5.84. The maximum absolute atomic E-state index is 10.7. The molecule has 2 rings (SSSR count). The van der Waals surface area contributed by atoms with Crippen molar-refractivity contribution in [2.45, 2.75) is 37.8 Å². The van der Waals surface area contributed by atoms with Gasteiger partial charge in [-0.2, -0.15) is 5.26 Å². The Morgan fingerprint density at radius 1 is 1.55 bits per heavy atom. The van der Waals surface area contributed by atoms with E-state index >= 15 is 0 Å². The molecule has 0 spiro atoms. The van der Waals surface area contributed by atoms with Crippen LogP contribution in [0.1, 0.15) is 31.2 Å². The smallest absolute Gasteiger partial charge is 0.289 e. The van der Waals surface area contributed by atoms with Gasteiger partial charge in [0.2, 0.25) is 0 Å². The predicted molar refractivity (Wildman–Crippen MR) is 72.3 cm³/mol. The Morgan fingerprint density at radius 3 is 2.85 bits per heavy atom. The van der Waals surface area contributed by atoms with Crippen molar-refractivity contribution in [2.75, 3.05) is 11.9 Å². The largest absolute Gasteiger partial charge is 0.391 e. The van der Waals surface area contributed by atoms with Gasteiger partial charge in [-0.05, 0) is 12.8 Å². The van der Waals surface area contributed by atoms with Crippen molar-refractivity contribution in [3.63, 3.8) is 0 Å². The minimum absolute atomic E-state index is 0.107. The molecule has 1 aliphatic rings. The molecule has 0 bridgehead atoms. The van der Waals surface area contributed by atoms with E-state index in [9.17, 15) is 15.2 Å². The van der Waals surface area contributed by atoms with Gasteiger partial charge in [0.1, 0.15) is 23.6 Å². The molecule has 0 radical (unpaired) electrons. The van der Waals surface area contributed by atoms with Crippen LogP contribution in [0, 0.1) is 21.4 Å². The third kappa shape index (κ3) is 2.70. The van der Waals surface area contributed by atoms with Gasteiger partial charge in [-0.3, -0.25) is 10.1 Å². The number of rotatable bonds is 3. The lowest BCUT2D eigenvalue weighted by molar-refractivity contribution is -0.385. The van der Waals surface area contributed by atoms with E-state index in [-0.39, 0.29) is 17.3 Å². The second-order valence-corrected chi connectivity index (χ2v) is 4.96. The molecule has 20 heavy (non-hydrogen) atoms. The Labute approximate surface area is 116 Å². The van der Waals surface area contributed by atoms with Crippen molar-refractivity contribution in [3.05, 3.63) is 27.9 Å². The van der Waals surface area contributed by atoms with Crippen molar-refractivity contribution >= 4 is 11.5 Å². The van der Waals surface area contributed by atoms with Gasteiger partial charge in [-0.1, -0.05) is 12.8 Å². The number of nitriles is 1. The van der Waals surface area contributed by atoms with Crippen LogP contribution in [0.15, 0.2) is 12.3 Å². The number of aliphatic hydroxyl groups excluding tert-OH is 1. The zero-order valence-corrected chi connectivity index (χ0v) is 11.2. The lowest BCUT2D eigenvalue weighted by Crippen LogP contribution is -2.44. The van der Waals surface area contributed by atoms with Crippen molar-refractivity contribution in [1.29, 1.82) is 5.26 Å². The molecule has 1 heterocycles. The minimum Gasteiger partial charge on any atom is -0.391 e. The van der Waals surface area contributed by atoms with Crippen molar-refractivity contribution < 1.29 is 10.0 Å². The third-order valence-electron chi connectivity index (χ3n) is 3.71. The Balaban J connectivity index is 2.32. The summed E-state index contributed by atoms with van der Waals surface area (Å²) in [6, 6.07) is 3.05. The average Bonchev–Trinajstić information content (AvgIpc) is 2.46. The molecule has 7 nitrogen and oxygen atoms in total. The predicted octanol–water partition coefficient (Wildman–Crippen LogP) is 1.60. The van der Waals surface area contributed by atoms with Gasteiger partial charge in [0.05, 0.1) is 17.1 Å². The highest BCUT2D eigenvalue weighted by Crippen LogP contribution is 2.28. The first-order valence-electron chi connectivity index (χ1n) is 6.50. The topological polar surface area (TPSA) is 103 Å². The number of hydrogen-bond donors (Lipinski definition) is 1. The third-order valence-corrected chi connectivity index (χ3v) is 3.71. The number of likely N-dealkylation sites (N-methyl/N-ethyl adjacent to an activating group) is 1. The molecule has 1 aliphatic carbocycles. The summed E-state index contributed by atoms with van der Waals surface area (Å²) in [5.41, 5.74) is -0.0534. The maximum Gasteiger partial charge on any atom is 0.289 e. The minimum atomic E-state index is -0.576. The number of aliphatic hydroxyl groups is 1. The van der Waals surface area contributed by atoms with Gasteiger partial charge in [0.15, 0.2) is 0 Å². The van der Waals surface area contributed by atoms with Gasteiger partial charge in [-0.25, -0.2) is 4.98 Å². The summed E-state index contributed by atoms with van der Waals surface area (Å²) in [4.78, 5) is 15.9. The molecule has 1 aromatic heterocycles. The summed E-state index contributed by atoms with van der Waals surface area (Å²) in [6.45, 7) is 0. The lowest BCUT2D eigenvalue weighted by atomic mass is 9.91. The Hall–Kier alpha value is -2.20. The zero-order chi connectivity index (χ0) is 14.7. The first-order chi connectivity index (χ1) is 9.54. The lowest BCUT2D eigenvalue weighted by Gasteiger charge is -2.36. The molecular formula is C13H16N4O3. The van der Waals surface area contributed by atoms with Crippen LogP contribution in [0.4, 0.5) is 11.5 Å². The highest BCUT2D eigenvalue weighted by atomic mass is 16.6. The summed E-state index contributed by atoms with van der Waals surface area (Å²) in [7, 11) is 1.76. The van der Waals surface area contributed by atoms with Crippen LogP contribution < -0.4 is 4.90 Å². The number of hydrogen-bond acceptors (Lipinski definition) is 6. The van der Waals surface area contributed by atoms with Gasteiger partial charge in [-0.15, -0.1) is 0 Å². The molecule has 1 saturated carbocycles. The average molecular weight is 276 g/mol. The molecule has 0 aromatic carbocycles. The van der Waals surface area contributed by atoms with E-state index in [1.54, 1.807) is 11.9 Å². The molecule has 0 amide bonds. The van der Waals surface area contributed by atoms with Crippen LogP contribution in [0.3, 0.4) is 0 Å². The molecule has 0 aliphatic heterocycles. The van der Waals surface area contributed by atoms with Crippen LogP contribution in [0.2, 0.25) is 0 Å². The van der Waals surface area contributed by atoms with E-state index < -0.39 is 11.0 Å². The molecule has 2 unspecified atom stereocenters. The Bertz CT molecular complexity index is 555. The molecule has 7 heteroatoms. The van der Waals surface area contributed by atoms with Crippen molar-refractivity contribution in [2.24, 2.45) is 0 Å². The maximum atomic E-state index is 10.7. The van der Waals surface area contributed by atoms with E-state index in [2.05, 4.69) is 4.98 Å². The highest BCUT2D eigenvalue weighted by Gasteiger charge is 2.29. The summed E-state index contributed by atoms with van der Waals surface area (Å²) in [5.74, 6) is 0.379. The molecule has 1 N–H and O–H groups in total. The van der Waals surface area contributed by atoms with Crippen LogP contribution in [-0.4, -0.2) is 34.2 Å². The first kappa shape index (κ1) is 14.2. The number of aromatic nitrogens is 1. The molecule has 1 aromatic rings. The van der Waals surface area contributed by atoms with Crippen LogP contribution in [0.25, 0.3) is 0 Å². The summed E-state index contributed by atoms with van der Waals surface area (Å²) in [6.07, 6.45) is 4.23. The quantitative estimate of drug-likeness (QED) is 0.664. The van der Waals surface area contributed by atoms with Crippen LogP contribution in [-0.2, 0) is 0 Å². The SMILES string of the molecule is CN(c1ncc([N+](=O)[O-])cc1C#N)C1CCCCC1O. The zero-order valence-electron chi connectivity index (χ0n) is 11.2. The molecule has 1 fully saturated rings. The second-order valence-electron chi connectivity index (χ2n) is 4.96. The van der Waals surface area contributed by atoms with Gasteiger partial charge >= 0.3 is 0 Å². The van der Waals surface area contributed by atoms with E-state index in [1.165, 1.54) is 6.07 Å². The normalized spacial score (nSPS) is 22.1. The fraction of sp³-hybridized carbons (Fsp3) is 0.538. The van der Waals surface area contributed by atoms with Crippen LogP contribution in [0.5, 0.6) is 0 Å². The van der Waals surface area contributed by atoms with Crippen molar-refractivity contribution in [1.82, 2.24) is 4.98 Å². The number of anilines is 1. The fourth-order valence-electron chi connectivity index (χ4n) is 2.61. The molecule has 0 saturated heterocycles. The Morgan fingerprint density at radius 2 is 2.25 bits per heavy atom. The molecular weight excluding hydrogens is 260 g/mol. The monoisotopic (exact) mass is 276 g/mol. The summed E-state index contributed by atoms with van der Waals surface area (Å²) in [5, 5.41) is 29.9. The molecule has 2 atom stereocenters. The standard InChI is InChI=1S/C13H16N4O3/c1-16(11-4-2-3-5-12(11)18)13-9(7-14)6-10(8-15-13)17(19)20/h6,8,11-12,18H,2-5H2,1H3. The summed E-state index contributed by atoms with van der Waals surface area (Å²) < 4.78 is 0. The van der Waals surface area contributed by atoms with E-state index in [0.29, 0.717) is 5.82 Å². The number of nitro groups is 1. The highest BCUT2D eigenvalue weighted by molar-refractivity contribution is 5.57. The molecule has 106 valence electrons. The van der Waals surface area contributed by atoms with E-state index in [0.717, 1.165) is 31.9 Å². The first-order valence-corrected chi connectivity index (χ1v) is 6.50. The summed E-state index contributed by atoms with van der Waals surface area (Å²) >= 11 is 0. The number of pyridine rings is 1. The number of nitrogens with zero attached hydrogens (tertiary/aromatic N) is 4. The van der Waals surface area contributed by atoms with Gasteiger partial charge < -0.3 is 10.0 Å².